The number of rotatable bonds is 6. The molecular weight excluding hydrogens is 356 g/mol. The summed E-state index contributed by atoms with van der Waals surface area (Å²) in [7, 11) is 0. The molecule has 1 aliphatic rings. The van der Waals surface area contributed by atoms with Gasteiger partial charge in [0, 0.05) is 19.7 Å². The van der Waals surface area contributed by atoms with Crippen molar-refractivity contribution < 1.29 is 19.5 Å². The van der Waals surface area contributed by atoms with Gasteiger partial charge < -0.3 is 15.3 Å². The quantitative estimate of drug-likeness (QED) is 0.809. The summed E-state index contributed by atoms with van der Waals surface area (Å²) in [6.45, 7) is 1.93. The van der Waals surface area contributed by atoms with Crippen molar-refractivity contribution in [2.24, 2.45) is 0 Å². The van der Waals surface area contributed by atoms with E-state index in [4.69, 9.17) is 5.11 Å². The first-order valence-corrected chi connectivity index (χ1v) is 9.10. The second kappa shape index (κ2) is 8.52. The van der Waals surface area contributed by atoms with Crippen LogP contribution in [0.5, 0.6) is 0 Å². The summed E-state index contributed by atoms with van der Waals surface area (Å²) in [6.07, 6.45) is 4.39. The zero-order valence-corrected chi connectivity index (χ0v) is 15.6. The normalized spacial score (nSPS) is 15.0. The Hall–Kier alpha value is -3.41. The highest BCUT2D eigenvalue weighted by atomic mass is 16.4. The molecule has 0 unspecified atom stereocenters. The number of carboxylic acid groups (broad SMARTS) is 1. The van der Waals surface area contributed by atoms with Gasteiger partial charge in [-0.25, -0.2) is 4.79 Å². The third kappa shape index (κ3) is 4.46. The lowest BCUT2D eigenvalue weighted by atomic mass is 9.93. The number of amides is 2. The molecule has 1 aliphatic heterocycles. The highest BCUT2D eigenvalue weighted by Crippen LogP contribution is 2.32. The summed E-state index contributed by atoms with van der Waals surface area (Å²) in [5.74, 6) is -1.21. The third-order valence-electron chi connectivity index (χ3n) is 4.78. The molecule has 0 aliphatic carbocycles. The van der Waals surface area contributed by atoms with E-state index in [1.54, 1.807) is 35.4 Å². The average Bonchev–Trinajstić information content (AvgIpc) is 2.68. The van der Waals surface area contributed by atoms with Gasteiger partial charge in [0.1, 0.15) is 0 Å². The summed E-state index contributed by atoms with van der Waals surface area (Å²) < 4.78 is 0. The zero-order valence-electron chi connectivity index (χ0n) is 15.6. The Morgan fingerprint density at radius 1 is 1.07 bits per heavy atom. The van der Waals surface area contributed by atoms with Crippen LogP contribution in [0.1, 0.15) is 46.4 Å². The number of aromatic carboxylic acids is 1. The molecule has 6 nitrogen and oxygen atoms in total. The SMILES string of the molecule is CC(=O)N1C=Cc2ccccc2[C@@H]1CC(=O)NCCc1ccc(C(=O)O)cc1. The van der Waals surface area contributed by atoms with Crippen LogP contribution >= 0.6 is 0 Å². The monoisotopic (exact) mass is 378 g/mol. The molecule has 2 aromatic carbocycles. The first-order chi connectivity index (χ1) is 13.5. The number of nitrogens with zero attached hydrogens (tertiary/aromatic N) is 1. The van der Waals surface area contributed by atoms with Gasteiger partial charge in [-0.15, -0.1) is 0 Å². The Labute approximate surface area is 163 Å². The third-order valence-corrected chi connectivity index (χ3v) is 4.78. The molecule has 1 heterocycles. The Kier molecular flexibility index (Phi) is 5.89. The minimum Gasteiger partial charge on any atom is -0.478 e. The van der Waals surface area contributed by atoms with E-state index < -0.39 is 5.97 Å². The number of carbonyl (C=O) groups excluding carboxylic acids is 2. The predicted octanol–water partition coefficient (Wildman–Crippen LogP) is 3.01. The van der Waals surface area contributed by atoms with Gasteiger partial charge in [0.25, 0.3) is 0 Å². The maximum absolute atomic E-state index is 12.5. The van der Waals surface area contributed by atoms with E-state index in [1.165, 1.54) is 6.92 Å². The first-order valence-electron chi connectivity index (χ1n) is 9.10. The molecule has 0 fully saturated rings. The van der Waals surface area contributed by atoms with Gasteiger partial charge in [-0.3, -0.25) is 9.59 Å². The van der Waals surface area contributed by atoms with E-state index in [0.29, 0.717) is 13.0 Å². The fraction of sp³-hybridized carbons (Fsp3) is 0.227. The molecule has 2 N–H and O–H groups in total. The minimum absolute atomic E-state index is 0.109. The standard InChI is InChI=1S/C22H22N2O4/c1-15(25)24-13-11-17-4-2-3-5-19(17)20(24)14-21(26)23-12-10-16-6-8-18(9-7-16)22(27)28/h2-9,11,13,20H,10,12,14H2,1H3,(H,23,26)(H,27,28)/t20-/m0/s1. The van der Waals surface area contributed by atoms with E-state index in [2.05, 4.69) is 5.32 Å². The lowest BCUT2D eigenvalue weighted by Gasteiger charge is -2.32. The number of nitrogens with one attached hydrogen (secondary N) is 1. The van der Waals surface area contributed by atoms with Crippen molar-refractivity contribution in [2.75, 3.05) is 6.54 Å². The Balaban J connectivity index is 1.59. The van der Waals surface area contributed by atoms with Crippen LogP contribution in [0.4, 0.5) is 0 Å². The fourth-order valence-electron chi connectivity index (χ4n) is 3.32. The van der Waals surface area contributed by atoms with E-state index >= 15 is 0 Å². The van der Waals surface area contributed by atoms with Gasteiger partial charge in [-0.05, 0) is 41.3 Å². The van der Waals surface area contributed by atoms with E-state index in [-0.39, 0.29) is 29.8 Å². The topological polar surface area (TPSA) is 86.7 Å². The number of hydrogen-bond acceptors (Lipinski definition) is 3. The molecular formula is C22H22N2O4. The number of benzene rings is 2. The molecule has 0 spiro atoms. The van der Waals surface area contributed by atoms with Crippen molar-refractivity contribution >= 4 is 23.9 Å². The largest absolute Gasteiger partial charge is 0.478 e. The summed E-state index contributed by atoms with van der Waals surface area (Å²) in [5, 5.41) is 11.8. The first kappa shape index (κ1) is 19.4. The predicted molar refractivity (Wildman–Crippen MR) is 105 cm³/mol. The highest BCUT2D eigenvalue weighted by molar-refractivity contribution is 5.87. The number of hydrogen-bond donors (Lipinski definition) is 2. The van der Waals surface area contributed by atoms with Crippen LogP contribution in [0.2, 0.25) is 0 Å². The van der Waals surface area contributed by atoms with Crippen molar-refractivity contribution in [1.29, 1.82) is 0 Å². The minimum atomic E-state index is -0.961. The van der Waals surface area contributed by atoms with Gasteiger partial charge in [0.15, 0.2) is 0 Å². The second-order valence-electron chi connectivity index (χ2n) is 6.69. The molecule has 0 saturated carbocycles. The van der Waals surface area contributed by atoms with E-state index in [0.717, 1.165) is 16.7 Å². The molecule has 1 atom stereocenters. The summed E-state index contributed by atoms with van der Waals surface area (Å²) in [5.41, 5.74) is 3.15. The van der Waals surface area contributed by atoms with E-state index in [1.807, 2.05) is 30.3 Å². The molecule has 3 rings (SSSR count). The van der Waals surface area contributed by atoms with Crippen LogP contribution in [0, 0.1) is 0 Å². The van der Waals surface area contributed by atoms with Crippen LogP contribution in [0.15, 0.2) is 54.7 Å². The summed E-state index contributed by atoms with van der Waals surface area (Å²) in [6, 6.07) is 14.0. The Morgan fingerprint density at radius 3 is 2.46 bits per heavy atom. The summed E-state index contributed by atoms with van der Waals surface area (Å²) >= 11 is 0. The van der Waals surface area contributed by atoms with Crippen LogP contribution < -0.4 is 5.32 Å². The van der Waals surface area contributed by atoms with Crippen molar-refractivity contribution in [3.05, 3.63) is 77.0 Å². The van der Waals surface area contributed by atoms with Gasteiger partial charge >= 0.3 is 5.97 Å². The average molecular weight is 378 g/mol. The molecule has 144 valence electrons. The highest BCUT2D eigenvalue weighted by Gasteiger charge is 2.27. The van der Waals surface area contributed by atoms with Crippen molar-refractivity contribution in [3.8, 4) is 0 Å². The molecule has 28 heavy (non-hydrogen) atoms. The van der Waals surface area contributed by atoms with Gasteiger partial charge in [-0.2, -0.15) is 0 Å². The van der Waals surface area contributed by atoms with Crippen LogP contribution in [0.3, 0.4) is 0 Å². The summed E-state index contributed by atoms with van der Waals surface area (Å²) in [4.78, 5) is 36.9. The van der Waals surface area contributed by atoms with E-state index in [9.17, 15) is 14.4 Å². The maximum Gasteiger partial charge on any atom is 0.335 e. The van der Waals surface area contributed by atoms with Crippen LogP contribution in [-0.2, 0) is 16.0 Å². The molecule has 0 saturated heterocycles. The lowest BCUT2D eigenvalue weighted by Crippen LogP contribution is -2.35. The molecule has 0 bridgehead atoms. The number of fused-ring (bicyclic) bond motifs is 1. The molecule has 0 aromatic heterocycles. The Bertz CT molecular complexity index is 918. The Morgan fingerprint density at radius 2 is 1.79 bits per heavy atom. The number of carbonyl (C=O) groups is 3. The second-order valence-corrected chi connectivity index (χ2v) is 6.69. The molecule has 2 amide bonds. The maximum atomic E-state index is 12.5. The van der Waals surface area contributed by atoms with Crippen molar-refractivity contribution in [1.82, 2.24) is 10.2 Å². The van der Waals surface area contributed by atoms with Gasteiger partial charge in [0.2, 0.25) is 11.8 Å². The zero-order chi connectivity index (χ0) is 20.1. The fourth-order valence-corrected chi connectivity index (χ4v) is 3.32. The molecule has 6 heteroatoms. The lowest BCUT2D eigenvalue weighted by molar-refractivity contribution is -0.129. The van der Waals surface area contributed by atoms with Gasteiger partial charge in [-0.1, -0.05) is 36.4 Å². The number of carboxylic acids is 1. The molecule has 0 radical (unpaired) electrons. The van der Waals surface area contributed by atoms with Crippen LogP contribution in [0.25, 0.3) is 6.08 Å². The van der Waals surface area contributed by atoms with Crippen molar-refractivity contribution in [3.63, 3.8) is 0 Å². The molecule has 2 aromatic rings. The van der Waals surface area contributed by atoms with Crippen LogP contribution in [-0.4, -0.2) is 34.3 Å². The smallest absolute Gasteiger partial charge is 0.335 e. The van der Waals surface area contributed by atoms with Gasteiger partial charge in [0.05, 0.1) is 18.0 Å². The van der Waals surface area contributed by atoms with Crippen molar-refractivity contribution in [2.45, 2.75) is 25.8 Å².